The Morgan fingerprint density at radius 3 is 2.91 bits per heavy atom. The van der Waals surface area contributed by atoms with Crippen LogP contribution >= 0.6 is 11.3 Å². The van der Waals surface area contributed by atoms with Crippen LogP contribution in [-0.2, 0) is 7.05 Å². The van der Waals surface area contributed by atoms with Gasteiger partial charge in [0.2, 0.25) is 0 Å². The molecular weight excluding hydrogens is 292 g/mol. The minimum Gasteiger partial charge on any atom is -0.289 e. The lowest BCUT2D eigenvalue weighted by molar-refractivity contribution is 0.538. The first kappa shape index (κ1) is 13.6. The lowest BCUT2D eigenvalue weighted by Gasteiger charge is -2.17. The molecule has 0 bridgehead atoms. The zero-order chi connectivity index (χ0) is 15.1. The molecule has 0 aliphatic carbocycles. The average Bonchev–Trinajstić information content (AvgIpc) is 3.12. The molecular formula is C17H18N4S. The van der Waals surface area contributed by atoms with Crippen LogP contribution in [-0.4, -0.2) is 27.0 Å². The highest BCUT2D eigenvalue weighted by atomic mass is 32.1. The van der Waals surface area contributed by atoms with Crippen LogP contribution in [0.25, 0.3) is 20.9 Å². The first-order valence-corrected chi connectivity index (χ1v) is 8.45. The quantitative estimate of drug-likeness (QED) is 0.720. The van der Waals surface area contributed by atoms with Crippen molar-refractivity contribution in [1.29, 1.82) is 0 Å². The van der Waals surface area contributed by atoms with Gasteiger partial charge in [-0.1, -0.05) is 13.0 Å². The number of rotatable bonds is 2. The molecule has 22 heavy (non-hydrogen) atoms. The van der Waals surface area contributed by atoms with Crippen LogP contribution in [0.4, 0.5) is 0 Å². The van der Waals surface area contributed by atoms with Gasteiger partial charge < -0.3 is 0 Å². The molecule has 0 fully saturated rings. The second kappa shape index (κ2) is 5.32. The third-order valence-corrected chi connectivity index (χ3v) is 5.29. The fraction of sp³-hybridized carbons (Fsp3) is 0.353. The fourth-order valence-electron chi connectivity index (χ4n) is 2.86. The molecule has 4 rings (SSSR count). The van der Waals surface area contributed by atoms with Gasteiger partial charge in [-0.2, -0.15) is 5.10 Å². The Balaban J connectivity index is 1.74. The highest BCUT2D eigenvalue weighted by molar-refractivity contribution is 7.21. The second-order valence-electron chi connectivity index (χ2n) is 5.97. The standard InChI is InChI=1S/C17H18N4S/c1-11-3-5-13(18-10-11)12-4-6-16-14(9-12)20-17(22-16)15-7-8-19-21(15)2/h4,6-9,11H,3,5,10H2,1-2H3/t11-/m0/s1. The van der Waals surface area contributed by atoms with Crippen molar-refractivity contribution < 1.29 is 0 Å². The van der Waals surface area contributed by atoms with Crippen molar-refractivity contribution in [1.82, 2.24) is 14.8 Å². The van der Waals surface area contributed by atoms with E-state index in [0.29, 0.717) is 5.92 Å². The molecule has 0 N–H and O–H groups in total. The number of benzene rings is 1. The zero-order valence-electron chi connectivity index (χ0n) is 12.8. The van der Waals surface area contributed by atoms with Gasteiger partial charge in [0.15, 0.2) is 0 Å². The Labute approximate surface area is 133 Å². The van der Waals surface area contributed by atoms with Gasteiger partial charge in [0.25, 0.3) is 0 Å². The predicted molar refractivity (Wildman–Crippen MR) is 91.6 cm³/mol. The van der Waals surface area contributed by atoms with Gasteiger partial charge in [0.05, 0.1) is 15.9 Å². The lowest BCUT2D eigenvalue weighted by Crippen LogP contribution is -2.14. The number of nitrogens with zero attached hydrogens (tertiary/aromatic N) is 4. The van der Waals surface area contributed by atoms with Crippen LogP contribution in [0.1, 0.15) is 25.3 Å². The Kier molecular flexibility index (Phi) is 3.30. The van der Waals surface area contributed by atoms with Crippen LogP contribution in [0.3, 0.4) is 0 Å². The third-order valence-electron chi connectivity index (χ3n) is 4.23. The van der Waals surface area contributed by atoms with E-state index in [9.17, 15) is 0 Å². The number of aliphatic imine (C=N–C) groups is 1. The van der Waals surface area contributed by atoms with Crippen LogP contribution in [0.5, 0.6) is 0 Å². The van der Waals surface area contributed by atoms with Crippen molar-refractivity contribution >= 4 is 27.3 Å². The molecule has 0 radical (unpaired) electrons. The number of fused-ring (bicyclic) bond motifs is 1. The summed E-state index contributed by atoms with van der Waals surface area (Å²) < 4.78 is 3.08. The molecule has 1 aromatic carbocycles. The summed E-state index contributed by atoms with van der Waals surface area (Å²) in [5, 5.41) is 5.25. The van der Waals surface area contributed by atoms with Gasteiger partial charge in [0.1, 0.15) is 5.01 Å². The molecule has 1 aliphatic heterocycles. The molecule has 2 aromatic heterocycles. The largest absolute Gasteiger partial charge is 0.289 e. The fourth-order valence-corrected chi connectivity index (χ4v) is 3.86. The maximum atomic E-state index is 4.79. The minimum absolute atomic E-state index is 0.711. The molecule has 1 aliphatic rings. The van der Waals surface area contributed by atoms with Crippen molar-refractivity contribution in [3.63, 3.8) is 0 Å². The summed E-state index contributed by atoms with van der Waals surface area (Å²) in [5.74, 6) is 0.711. The highest BCUT2D eigenvalue weighted by Crippen LogP contribution is 2.31. The van der Waals surface area contributed by atoms with Crippen LogP contribution in [0.2, 0.25) is 0 Å². The topological polar surface area (TPSA) is 43.1 Å². The Bertz CT molecular complexity index is 859. The number of aryl methyl sites for hydroxylation is 1. The average molecular weight is 310 g/mol. The summed E-state index contributed by atoms with van der Waals surface area (Å²) >= 11 is 1.71. The summed E-state index contributed by atoms with van der Waals surface area (Å²) in [5.41, 5.74) is 4.57. The first-order valence-electron chi connectivity index (χ1n) is 7.63. The van der Waals surface area contributed by atoms with Gasteiger partial charge in [-0.05, 0) is 42.5 Å². The van der Waals surface area contributed by atoms with E-state index in [1.807, 2.05) is 24.0 Å². The molecule has 5 heteroatoms. The number of thiazole rings is 1. The van der Waals surface area contributed by atoms with E-state index in [1.165, 1.54) is 22.4 Å². The van der Waals surface area contributed by atoms with Crippen LogP contribution in [0.15, 0.2) is 35.5 Å². The SMILES string of the molecule is C[C@H]1CCC(c2ccc3sc(-c4ccnn4C)nc3c2)=NC1. The lowest BCUT2D eigenvalue weighted by atomic mass is 9.96. The van der Waals surface area contributed by atoms with Gasteiger partial charge in [0, 0.05) is 25.5 Å². The van der Waals surface area contributed by atoms with Crippen molar-refractivity contribution in [3.8, 4) is 10.7 Å². The highest BCUT2D eigenvalue weighted by Gasteiger charge is 2.15. The molecule has 0 saturated carbocycles. The van der Waals surface area contributed by atoms with Gasteiger partial charge in [-0.25, -0.2) is 4.98 Å². The summed E-state index contributed by atoms with van der Waals surface area (Å²) in [4.78, 5) is 9.53. The van der Waals surface area contributed by atoms with E-state index in [2.05, 4.69) is 30.2 Å². The van der Waals surface area contributed by atoms with Gasteiger partial charge in [-0.15, -0.1) is 11.3 Å². The van der Waals surface area contributed by atoms with E-state index >= 15 is 0 Å². The van der Waals surface area contributed by atoms with Gasteiger partial charge >= 0.3 is 0 Å². The maximum Gasteiger partial charge on any atom is 0.142 e. The summed E-state index contributed by atoms with van der Waals surface area (Å²) in [7, 11) is 1.95. The normalized spacial score (nSPS) is 18.6. The van der Waals surface area contributed by atoms with Crippen molar-refractivity contribution in [2.45, 2.75) is 19.8 Å². The molecule has 1 atom stereocenters. The predicted octanol–water partition coefficient (Wildman–Crippen LogP) is 3.92. The van der Waals surface area contributed by atoms with Crippen LogP contribution in [0, 0.1) is 5.92 Å². The van der Waals surface area contributed by atoms with E-state index in [0.717, 1.165) is 29.2 Å². The summed E-state index contributed by atoms with van der Waals surface area (Å²) in [6.45, 7) is 3.22. The maximum absolute atomic E-state index is 4.79. The number of hydrogen-bond acceptors (Lipinski definition) is 4. The molecule has 0 spiro atoms. The molecule has 0 amide bonds. The smallest absolute Gasteiger partial charge is 0.142 e. The van der Waals surface area contributed by atoms with Crippen molar-refractivity contribution in [3.05, 3.63) is 36.0 Å². The number of hydrogen-bond donors (Lipinski definition) is 0. The first-order chi connectivity index (χ1) is 10.7. The Morgan fingerprint density at radius 2 is 2.18 bits per heavy atom. The van der Waals surface area contributed by atoms with Gasteiger partial charge in [-0.3, -0.25) is 9.67 Å². The molecule has 3 aromatic rings. The third kappa shape index (κ3) is 2.35. The Morgan fingerprint density at radius 1 is 1.27 bits per heavy atom. The molecule has 4 nitrogen and oxygen atoms in total. The van der Waals surface area contributed by atoms with E-state index < -0.39 is 0 Å². The molecule has 3 heterocycles. The molecule has 112 valence electrons. The van der Waals surface area contributed by atoms with E-state index in [4.69, 9.17) is 9.98 Å². The summed E-state index contributed by atoms with van der Waals surface area (Å²) in [6.07, 6.45) is 4.12. The minimum atomic E-state index is 0.711. The monoisotopic (exact) mass is 310 g/mol. The zero-order valence-corrected chi connectivity index (χ0v) is 13.6. The Hall–Kier alpha value is -2.01. The second-order valence-corrected chi connectivity index (χ2v) is 7.00. The molecule has 0 unspecified atom stereocenters. The molecule has 0 saturated heterocycles. The number of aromatic nitrogens is 3. The van der Waals surface area contributed by atoms with Crippen molar-refractivity contribution in [2.24, 2.45) is 18.0 Å². The summed E-state index contributed by atoms with van der Waals surface area (Å²) in [6, 6.07) is 8.54. The van der Waals surface area contributed by atoms with E-state index in [-0.39, 0.29) is 0 Å². The van der Waals surface area contributed by atoms with Crippen molar-refractivity contribution in [2.75, 3.05) is 6.54 Å². The van der Waals surface area contributed by atoms with E-state index in [1.54, 1.807) is 11.3 Å². The van der Waals surface area contributed by atoms with Crippen LogP contribution < -0.4 is 0 Å².